The Hall–Kier alpha value is -2.21. The van der Waals surface area contributed by atoms with Crippen molar-refractivity contribution in [2.75, 3.05) is 31.2 Å². The standard InChI is InChI=1S/C20H24FN3O2/c1-14-10-19(25)24(15(2)22-14)16-4-5-18(17(21)11-16)23-8-7-20(12-23)6-3-9-26-13-20/h4-5,10-11H,3,6-9,12-13H2,1-2H3. The van der Waals surface area contributed by atoms with E-state index in [-0.39, 0.29) is 16.8 Å². The van der Waals surface area contributed by atoms with Gasteiger partial charge in [0.2, 0.25) is 0 Å². The molecule has 1 spiro atoms. The molecular weight excluding hydrogens is 333 g/mol. The lowest BCUT2D eigenvalue weighted by Crippen LogP contribution is -2.35. The zero-order valence-corrected chi connectivity index (χ0v) is 15.3. The van der Waals surface area contributed by atoms with Crippen molar-refractivity contribution in [3.05, 3.63) is 52.0 Å². The molecule has 0 radical (unpaired) electrons. The Morgan fingerprint density at radius 3 is 2.77 bits per heavy atom. The van der Waals surface area contributed by atoms with Gasteiger partial charge in [0.25, 0.3) is 5.56 Å². The fourth-order valence-electron chi connectivity index (χ4n) is 4.32. The Bertz CT molecular complexity index is 887. The van der Waals surface area contributed by atoms with Crippen LogP contribution in [0.1, 0.15) is 30.8 Å². The summed E-state index contributed by atoms with van der Waals surface area (Å²) in [7, 11) is 0. The maximum absolute atomic E-state index is 14.9. The van der Waals surface area contributed by atoms with Gasteiger partial charge in [-0.3, -0.25) is 9.36 Å². The lowest BCUT2D eigenvalue weighted by Gasteiger charge is -2.33. The minimum Gasteiger partial charge on any atom is -0.381 e. The van der Waals surface area contributed by atoms with E-state index in [1.807, 2.05) is 0 Å². The SMILES string of the molecule is Cc1cc(=O)n(-c2ccc(N3CCC4(CCCOC4)C3)c(F)c2)c(C)n1. The van der Waals surface area contributed by atoms with Crippen LogP contribution in [0.4, 0.5) is 10.1 Å². The van der Waals surface area contributed by atoms with Gasteiger partial charge in [-0.15, -0.1) is 0 Å². The predicted octanol–water partition coefficient (Wildman–Crippen LogP) is 3.00. The number of ether oxygens (including phenoxy) is 1. The van der Waals surface area contributed by atoms with E-state index in [9.17, 15) is 9.18 Å². The first-order chi connectivity index (χ1) is 12.5. The molecule has 2 aromatic rings. The first kappa shape index (κ1) is 17.2. The van der Waals surface area contributed by atoms with Crippen molar-refractivity contribution in [2.24, 2.45) is 5.41 Å². The summed E-state index contributed by atoms with van der Waals surface area (Å²) < 4.78 is 22.0. The van der Waals surface area contributed by atoms with Crippen molar-refractivity contribution in [2.45, 2.75) is 33.1 Å². The van der Waals surface area contributed by atoms with Crippen LogP contribution in [0, 0.1) is 25.1 Å². The average Bonchev–Trinajstić information content (AvgIpc) is 2.98. The van der Waals surface area contributed by atoms with E-state index in [1.54, 1.807) is 26.0 Å². The van der Waals surface area contributed by atoms with Crippen LogP contribution in [0.5, 0.6) is 0 Å². The van der Waals surface area contributed by atoms with Crippen LogP contribution >= 0.6 is 0 Å². The third-order valence-corrected chi connectivity index (χ3v) is 5.59. The zero-order chi connectivity index (χ0) is 18.3. The summed E-state index contributed by atoms with van der Waals surface area (Å²) in [6.45, 7) is 6.81. The molecule has 26 heavy (non-hydrogen) atoms. The van der Waals surface area contributed by atoms with Crippen LogP contribution in [-0.2, 0) is 4.74 Å². The Morgan fingerprint density at radius 2 is 2.08 bits per heavy atom. The minimum atomic E-state index is -0.303. The van der Waals surface area contributed by atoms with Gasteiger partial charge in [-0.05, 0) is 45.2 Å². The van der Waals surface area contributed by atoms with Crippen molar-refractivity contribution in [3.8, 4) is 5.69 Å². The highest BCUT2D eigenvalue weighted by atomic mass is 19.1. The first-order valence-corrected chi connectivity index (χ1v) is 9.17. The van der Waals surface area contributed by atoms with Gasteiger partial charge in [0.1, 0.15) is 11.6 Å². The van der Waals surface area contributed by atoms with Gasteiger partial charge in [0, 0.05) is 42.9 Å². The summed E-state index contributed by atoms with van der Waals surface area (Å²) >= 11 is 0. The first-order valence-electron chi connectivity index (χ1n) is 9.17. The number of rotatable bonds is 2. The normalized spacial score (nSPS) is 23.0. The fraction of sp³-hybridized carbons (Fsp3) is 0.500. The number of halogens is 1. The molecule has 3 heterocycles. The van der Waals surface area contributed by atoms with Crippen LogP contribution in [0.25, 0.3) is 5.69 Å². The van der Waals surface area contributed by atoms with Gasteiger partial charge in [-0.25, -0.2) is 9.37 Å². The van der Waals surface area contributed by atoms with Gasteiger partial charge in [-0.1, -0.05) is 0 Å². The summed E-state index contributed by atoms with van der Waals surface area (Å²) in [5.74, 6) is 0.254. The molecule has 1 unspecified atom stereocenters. The average molecular weight is 357 g/mol. The lowest BCUT2D eigenvalue weighted by molar-refractivity contribution is 0.00437. The molecule has 6 heteroatoms. The monoisotopic (exact) mass is 357 g/mol. The largest absolute Gasteiger partial charge is 0.381 e. The van der Waals surface area contributed by atoms with Crippen LogP contribution in [0.2, 0.25) is 0 Å². The third kappa shape index (κ3) is 3.03. The molecule has 0 aliphatic carbocycles. The van der Waals surface area contributed by atoms with E-state index >= 15 is 0 Å². The van der Waals surface area contributed by atoms with Gasteiger partial charge in [0.05, 0.1) is 18.0 Å². The van der Waals surface area contributed by atoms with E-state index in [2.05, 4.69) is 9.88 Å². The molecule has 2 fully saturated rings. The number of aromatic nitrogens is 2. The quantitative estimate of drug-likeness (QED) is 0.829. The van der Waals surface area contributed by atoms with Crippen LogP contribution in [0.15, 0.2) is 29.1 Å². The zero-order valence-electron chi connectivity index (χ0n) is 15.3. The number of aryl methyl sites for hydroxylation is 2. The van der Waals surface area contributed by atoms with Crippen LogP contribution in [-0.4, -0.2) is 35.9 Å². The van der Waals surface area contributed by atoms with Crippen molar-refractivity contribution in [1.82, 2.24) is 9.55 Å². The van der Waals surface area contributed by atoms with E-state index in [0.29, 0.717) is 22.9 Å². The smallest absolute Gasteiger partial charge is 0.258 e. The van der Waals surface area contributed by atoms with Gasteiger partial charge in [-0.2, -0.15) is 0 Å². The molecule has 138 valence electrons. The summed E-state index contributed by atoms with van der Waals surface area (Å²) in [5.41, 5.74) is 1.75. The van der Waals surface area contributed by atoms with Crippen molar-refractivity contribution >= 4 is 5.69 Å². The number of anilines is 1. The number of hydrogen-bond donors (Lipinski definition) is 0. The van der Waals surface area contributed by atoms with E-state index in [0.717, 1.165) is 45.6 Å². The van der Waals surface area contributed by atoms with E-state index < -0.39 is 0 Å². The molecule has 2 aliphatic rings. The summed E-state index contributed by atoms with van der Waals surface area (Å²) in [5, 5.41) is 0. The van der Waals surface area contributed by atoms with Crippen LogP contribution in [0.3, 0.4) is 0 Å². The number of hydrogen-bond acceptors (Lipinski definition) is 4. The lowest BCUT2D eigenvalue weighted by atomic mass is 9.82. The molecule has 2 saturated heterocycles. The third-order valence-electron chi connectivity index (χ3n) is 5.59. The highest BCUT2D eigenvalue weighted by Gasteiger charge is 2.40. The van der Waals surface area contributed by atoms with E-state index in [4.69, 9.17) is 4.74 Å². The maximum Gasteiger partial charge on any atom is 0.258 e. The highest BCUT2D eigenvalue weighted by molar-refractivity contribution is 5.53. The fourth-order valence-corrected chi connectivity index (χ4v) is 4.32. The maximum atomic E-state index is 14.9. The molecule has 0 bridgehead atoms. The second-order valence-corrected chi connectivity index (χ2v) is 7.58. The molecular formula is C20H24FN3O2. The van der Waals surface area contributed by atoms with E-state index in [1.165, 1.54) is 16.7 Å². The predicted molar refractivity (Wildman–Crippen MR) is 98.6 cm³/mol. The molecule has 5 nitrogen and oxygen atoms in total. The van der Waals surface area contributed by atoms with Gasteiger partial charge < -0.3 is 9.64 Å². The summed E-state index contributed by atoms with van der Waals surface area (Å²) in [6.07, 6.45) is 3.26. The molecule has 1 aromatic carbocycles. The molecule has 4 rings (SSSR count). The molecule has 0 N–H and O–H groups in total. The molecule has 2 aliphatic heterocycles. The van der Waals surface area contributed by atoms with Crippen LogP contribution < -0.4 is 10.5 Å². The Morgan fingerprint density at radius 1 is 1.23 bits per heavy atom. The molecule has 1 atom stereocenters. The highest BCUT2D eigenvalue weighted by Crippen LogP contribution is 2.40. The molecule has 1 aromatic heterocycles. The second-order valence-electron chi connectivity index (χ2n) is 7.58. The number of nitrogens with zero attached hydrogens (tertiary/aromatic N) is 3. The Labute approximate surface area is 152 Å². The van der Waals surface area contributed by atoms with Crippen molar-refractivity contribution in [1.29, 1.82) is 0 Å². The number of benzene rings is 1. The Balaban J connectivity index is 1.62. The molecule has 0 amide bonds. The van der Waals surface area contributed by atoms with Gasteiger partial charge >= 0.3 is 0 Å². The second kappa shape index (κ2) is 6.50. The minimum absolute atomic E-state index is 0.164. The topological polar surface area (TPSA) is 47.4 Å². The van der Waals surface area contributed by atoms with Crippen molar-refractivity contribution in [3.63, 3.8) is 0 Å². The van der Waals surface area contributed by atoms with Gasteiger partial charge in [0.15, 0.2) is 0 Å². The Kier molecular flexibility index (Phi) is 4.31. The summed E-state index contributed by atoms with van der Waals surface area (Å²) in [4.78, 5) is 18.7. The van der Waals surface area contributed by atoms with Crippen molar-refractivity contribution < 1.29 is 9.13 Å². The molecule has 0 saturated carbocycles. The summed E-state index contributed by atoms with van der Waals surface area (Å²) in [6, 6.07) is 6.47.